The summed E-state index contributed by atoms with van der Waals surface area (Å²) in [6, 6.07) is 15.5. The average Bonchev–Trinajstić information content (AvgIpc) is 3.13. The van der Waals surface area contributed by atoms with Crippen molar-refractivity contribution in [3.05, 3.63) is 65.2 Å². The fraction of sp³-hybridized carbons (Fsp3) is 0.364. The minimum Gasteiger partial charge on any atom is -0.496 e. The third kappa shape index (κ3) is 4.19. The van der Waals surface area contributed by atoms with E-state index in [9.17, 15) is 9.59 Å². The van der Waals surface area contributed by atoms with E-state index < -0.39 is 0 Å². The number of carbonyl (C=O) groups excluding carboxylic acids is 2. The van der Waals surface area contributed by atoms with Gasteiger partial charge in [-0.05, 0) is 43.1 Å². The number of Topliss-reactive ketones (excluding diaryl/α,β-unsaturated/α-hetero) is 1. The third-order valence-corrected chi connectivity index (χ3v) is 5.35. The third-order valence-electron chi connectivity index (χ3n) is 5.35. The fourth-order valence-electron chi connectivity index (χ4n) is 3.80. The molecule has 142 valence electrons. The molecule has 1 amide bonds. The summed E-state index contributed by atoms with van der Waals surface area (Å²) in [6.45, 7) is 3.39. The van der Waals surface area contributed by atoms with Gasteiger partial charge in [-0.15, -0.1) is 0 Å². The van der Waals surface area contributed by atoms with Crippen molar-refractivity contribution in [1.82, 2.24) is 4.90 Å². The maximum Gasteiger partial charge on any atom is 0.227 e. The zero-order valence-corrected chi connectivity index (χ0v) is 15.9. The van der Waals surface area contributed by atoms with Gasteiger partial charge in [-0.2, -0.15) is 0 Å². The van der Waals surface area contributed by atoms with E-state index >= 15 is 0 Å². The second-order valence-electron chi connectivity index (χ2n) is 7.07. The van der Waals surface area contributed by atoms with Crippen LogP contribution in [0.5, 0.6) is 5.75 Å². The Morgan fingerprint density at radius 1 is 1.15 bits per heavy atom. The molecule has 0 spiro atoms. The van der Waals surface area contributed by atoms with Gasteiger partial charge in [0.05, 0.1) is 13.5 Å². The highest BCUT2D eigenvalue weighted by Crippen LogP contribution is 2.32. The number of nitrogens with two attached hydrogens (primary N) is 1. The van der Waals surface area contributed by atoms with Crippen LogP contribution in [0.4, 0.5) is 0 Å². The number of benzene rings is 2. The number of hydrogen-bond donors (Lipinski definition) is 1. The Morgan fingerprint density at radius 2 is 1.89 bits per heavy atom. The molecule has 0 bridgehead atoms. The lowest BCUT2D eigenvalue weighted by Gasteiger charge is -2.18. The number of hydrogen-bond acceptors (Lipinski definition) is 4. The first-order chi connectivity index (χ1) is 13.0. The largest absolute Gasteiger partial charge is 0.496 e. The van der Waals surface area contributed by atoms with Gasteiger partial charge in [0.1, 0.15) is 5.75 Å². The van der Waals surface area contributed by atoms with E-state index in [2.05, 4.69) is 12.1 Å². The summed E-state index contributed by atoms with van der Waals surface area (Å²) in [5, 5.41) is 0. The summed E-state index contributed by atoms with van der Waals surface area (Å²) in [5.41, 5.74) is 8.53. The van der Waals surface area contributed by atoms with Crippen LogP contribution in [0.25, 0.3) is 0 Å². The summed E-state index contributed by atoms with van der Waals surface area (Å²) in [5.74, 6) is 1.14. The summed E-state index contributed by atoms with van der Waals surface area (Å²) in [4.78, 5) is 26.5. The number of likely N-dealkylation sites (tertiary alicyclic amines) is 1. The number of methoxy groups -OCH3 is 1. The van der Waals surface area contributed by atoms with Crippen molar-refractivity contribution in [1.29, 1.82) is 0 Å². The van der Waals surface area contributed by atoms with Crippen LogP contribution in [0.2, 0.25) is 0 Å². The van der Waals surface area contributed by atoms with Gasteiger partial charge in [0.2, 0.25) is 5.91 Å². The monoisotopic (exact) mass is 366 g/mol. The minimum absolute atomic E-state index is 0.0279. The summed E-state index contributed by atoms with van der Waals surface area (Å²) in [6.07, 6.45) is 0.211. The smallest absolute Gasteiger partial charge is 0.227 e. The van der Waals surface area contributed by atoms with Crippen LogP contribution in [0.1, 0.15) is 34.3 Å². The number of ether oxygens (including phenoxy) is 1. The normalized spacial score (nSPS) is 19.1. The molecule has 2 aromatic rings. The highest BCUT2D eigenvalue weighted by Gasteiger charge is 2.35. The number of nitrogens with zero attached hydrogens (tertiary/aromatic N) is 1. The molecule has 1 fully saturated rings. The Balaban J connectivity index is 1.77. The molecule has 1 aliphatic heterocycles. The van der Waals surface area contributed by atoms with Gasteiger partial charge >= 0.3 is 0 Å². The number of carbonyl (C=O) groups is 2. The Bertz CT molecular complexity index is 820. The van der Waals surface area contributed by atoms with E-state index in [1.807, 2.05) is 23.1 Å². The van der Waals surface area contributed by atoms with Gasteiger partial charge in [-0.25, -0.2) is 0 Å². The average molecular weight is 366 g/mol. The second kappa shape index (κ2) is 8.35. The molecule has 1 saturated heterocycles. The summed E-state index contributed by atoms with van der Waals surface area (Å²) >= 11 is 0. The summed E-state index contributed by atoms with van der Waals surface area (Å²) in [7, 11) is 1.57. The van der Waals surface area contributed by atoms with Crippen molar-refractivity contribution < 1.29 is 14.3 Å². The van der Waals surface area contributed by atoms with Crippen LogP contribution in [0, 0.1) is 5.92 Å². The zero-order valence-electron chi connectivity index (χ0n) is 15.9. The maximum atomic E-state index is 12.9. The molecule has 2 atom stereocenters. The first-order valence-electron chi connectivity index (χ1n) is 9.24. The number of amides is 1. The molecule has 0 aromatic heterocycles. The van der Waals surface area contributed by atoms with Crippen molar-refractivity contribution in [2.75, 3.05) is 26.7 Å². The molecule has 2 N–H and O–H groups in total. The van der Waals surface area contributed by atoms with E-state index in [0.717, 1.165) is 5.56 Å². The van der Waals surface area contributed by atoms with Crippen LogP contribution >= 0.6 is 0 Å². The minimum atomic E-state index is -0.0279. The van der Waals surface area contributed by atoms with Crippen LogP contribution in [0.15, 0.2) is 48.5 Å². The molecule has 0 aliphatic carbocycles. The highest BCUT2D eigenvalue weighted by molar-refractivity contribution is 5.94. The van der Waals surface area contributed by atoms with Gasteiger partial charge in [-0.3, -0.25) is 9.59 Å². The Morgan fingerprint density at radius 3 is 2.52 bits per heavy atom. The molecule has 2 aromatic carbocycles. The van der Waals surface area contributed by atoms with Gasteiger partial charge in [0.15, 0.2) is 5.78 Å². The van der Waals surface area contributed by atoms with E-state index in [4.69, 9.17) is 10.5 Å². The molecular formula is C22H26N2O3. The van der Waals surface area contributed by atoms with Gasteiger partial charge in [0.25, 0.3) is 0 Å². The molecule has 1 aliphatic rings. The lowest BCUT2D eigenvalue weighted by atomic mass is 9.89. The van der Waals surface area contributed by atoms with Crippen LogP contribution in [0.3, 0.4) is 0 Å². The molecular weight excluding hydrogens is 340 g/mol. The zero-order chi connectivity index (χ0) is 19.4. The number of ketones is 1. The summed E-state index contributed by atoms with van der Waals surface area (Å²) < 4.78 is 5.37. The molecule has 0 radical (unpaired) electrons. The molecule has 5 heteroatoms. The SMILES string of the molecule is COc1ccc(C(C)=O)cc1CC(=O)N1C[C@@H](CN)[C@H](c2ccccc2)C1. The van der Waals surface area contributed by atoms with E-state index in [-0.39, 0.29) is 29.9 Å². The predicted octanol–water partition coefficient (Wildman–Crippen LogP) is 2.64. The van der Waals surface area contributed by atoms with Gasteiger partial charge in [-0.1, -0.05) is 30.3 Å². The van der Waals surface area contributed by atoms with Crippen molar-refractivity contribution in [3.63, 3.8) is 0 Å². The lowest BCUT2D eigenvalue weighted by molar-refractivity contribution is -0.129. The molecule has 3 rings (SSSR count). The van der Waals surface area contributed by atoms with Crippen LogP contribution in [-0.4, -0.2) is 43.3 Å². The first kappa shape index (κ1) is 19.1. The number of rotatable bonds is 6. The van der Waals surface area contributed by atoms with Crippen molar-refractivity contribution >= 4 is 11.7 Å². The molecule has 0 saturated carbocycles. The highest BCUT2D eigenvalue weighted by atomic mass is 16.5. The molecule has 1 heterocycles. The Labute approximate surface area is 160 Å². The van der Waals surface area contributed by atoms with Crippen molar-refractivity contribution in [2.45, 2.75) is 19.3 Å². The second-order valence-corrected chi connectivity index (χ2v) is 7.07. The Kier molecular flexibility index (Phi) is 5.91. The van der Waals surface area contributed by atoms with E-state index in [1.165, 1.54) is 12.5 Å². The van der Waals surface area contributed by atoms with E-state index in [0.29, 0.717) is 30.9 Å². The van der Waals surface area contributed by atoms with Crippen molar-refractivity contribution in [3.8, 4) is 5.75 Å². The predicted molar refractivity (Wildman–Crippen MR) is 105 cm³/mol. The standard InChI is InChI=1S/C22H26N2O3/c1-15(25)17-8-9-21(27-2)18(10-17)11-22(26)24-13-19(12-23)20(14-24)16-6-4-3-5-7-16/h3-10,19-20H,11-14,23H2,1-2H3/t19-,20+/m1/s1. The van der Waals surface area contributed by atoms with E-state index in [1.54, 1.807) is 25.3 Å². The van der Waals surface area contributed by atoms with Gasteiger partial charge < -0.3 is 15.4 Å². The van der Waals surface area contributed by atoms with Gasteiger partial charge in [0, 0.05) is 30.1 Å². The molecule has 5 nitrogen and oxygen atoms in total. The van der Waals surface area contributed by atoms with Crippen LogP contribution < -0.4 is 10.5 Å². The van der Waals surface area contributed by atoms with Crippen LogP contribution in [-0.2, 0) is 11.2 Å². The molecule has 0 unspecified atom stereocenters. The van der Waals surface area contributed by atoms with Crippen molar-refractivity contribution in [2.24, 2.45) is 11.7 Å². The maximum absolute atomic E-state index is 12.9. The fourth-order valence-corrected chi connectivity index (χ4v) is 3.80. The quantitative estimate of drug-likeness (QED) is 0.798. The first-order valence-corrected chi connectivity index (χ1v) is 9.24. The lowest BCUT2D eigenvalue weighted by Crippen LogP contribution is -2.31. The topological polar surface area (TPSA) is 72.6 Å². The Hall–Kier alpha value is -2.66. The molecule has 27 heavy (non-hydrogen) atoms.